The van der Waals surface area contributed by atoms with Gasteiger partial charge in [-0.2, -0.15) is 13.2 Å². The number of ether oxygens (including phenoxy) is 4. The molecule has 0 radical (unpaired) electrons. The fraction of sp³-hybridized carbons (Fsp3) is 0.348. The van der Waals surface area contributed by atoms with Crippen molar-refractivity contribution < 1.29 is 36.9 Å². The van der Waals surface area contributed by atoms with Crippen LogP contribution < -0.4 is 9.47 Å². The van der Waals surface area contributed by atoms with Crippen LogP contribution in [0.3, 0.4) is 0 Å². The van der Waals surface area contributed by atoms with Gasteiger partial charge < -0.3 is 18.9 Å². The summed E-state index contributed by atoms with van der Waals surface area (Å²) in [7, 11) is 2.87. The Morgan fingerprint density at radius 1 is 1.14 bits per heavy atom. The van der Waals surface area contributed by atoms with E-state index >= 15 is 0 Å². The molecule has 1 aliphatic rings. The summed E-state index contributed by atoms with van der Waals surface area (Å²) in [6.45, 7) is 1.71. The van der Waals surface area contributed by atoms with E-state index in [0.29, 0.717) is 22.6 Å². The Bertz CT molecular complexity index is 1250. The number of fused-ring (bicyclic) bond motifs is 3. The molecule has 0 N–H and O–H groups in total. The van der Waals surface area contributed by atoms with Crippen LogP contribution in [0.15, 0.2) is 36.4 Å². The molecule has 12 heteroatoms. The fourth-order valence-electron chi connectivity index (χ4n) is 3.94. The molecular formula is C23H21ClF3N3O5. The highest BCUT2D eigenvalue weighted by Gasteiger charge is 2.43. The molecule has 0 unspecified atom stereocenters. The van der Waals surface area contributed by atoms with Gasteiger partial charge in [0.2, 0.25) is 5.82 Å². The predicted octanol–water partition coefficient (Wildman–Crippen LogP) is 5.07. The minimum Gasteiger partial charge on any atom is -0.497 e. The van der Waals surface area contributed by atoms with Crippen LogP contribution in [0.5, 0.6) is 11.5 Å². The minimum atomic E-state index is -4.83. The lowest BCUT2D eigenvalue weighted by Gasteiger charge is -2.24. The number of esters is 1. The Morgan fingerprint density at radius 3 is 2.57 bits per heavy atom. The lowest BCUT2D eigenvalue weighted by Crippen LogP contribution is -2.18. The van der Waals surface area contributed by atoms with Gasteiger partial charge in [0.15, 0.2) is 5.82 Å². The summed E-state index contributed by atoms with van der Waals surface area (Å²) in [4.78, 5) is 12.4. The van der Waals surface area contributed by atoms with Gasteiger partial charge in [-0.1, -0.05) is 23.7 Å². The molecular weight excluding hydrogens is 491 g/mol. The Morgan fingerprint density at radius 2 is 1.91 bits per heavy atom. The van der Waals surface area contributed by atoms with Crippen molar-refractivity contribution in [3.8, 4) is 17.2 Å². The van der Waals surface area contributed by atoms with Gasteiger partial charge in [0.25, 0.3) is 0 Å². The number of hydrogen-bond acceptors (Lipinski definition) is 7. The van der Waals surface area contributed by atoms with Gasteiger partial charge in [-0.05, 0) is 31.2 Å². The van der Waals surface area contributed by atoms with Crippen molar-refractivity contribution in [2.75, 3.05) is 20.8 Å². The van der Waals surface area contributed by atoms with Crippen LogP contribution in [0.4, 0.5) is 13.2 Å². The van der Waals surface area contributed by atoms with Crippen LogP contribution in [0.2, 0.25) is 5.02 Å². The highest BCUT2D eigenvalue weighted by atomic mass is 35.5. The third-order valence-corrected chi connectivity index (χ3v) is 5.85. The van der Waals surface area contributed by atoms with Crippen molar-refractivity contribution in [3.05, 3.63) is 64.2 Å². The molecule has 0 saturated carbocycles. The van der Waals surface area contributed by atoms with Gasteiger partial charge >= 0.3 is 12.1 Å². The zero-order chi connectivity index (χ0) is 25.3. The first-order valence-corrected chi connectivity index (χ1v) is 10.9. The van der Waals surface area contributed by atoms with Crippen molar-refractivity contribution in [1.29, 1.82) is 0 Å². The first-order chi connectivity index (χ1) is 16.7. The van der Waals surface area contributed by atoms with E-state index in [9.17, 15) is 18.0 Å². The Kier molecular flexibility index (Phi) is 6.91. The average Bonchev–Trinajstić information content (AvgIpc) is 3.23. The maximum atomic E-state index is 14.0. The van der Waals surface area contributed by atoms with Gasteiger partial charge in [0.05, 0.1) is 38.0 Å². The number of aromatic nitrogens is 3. The molecule has 0 fully saturated rings. The molecule has 3 aromatic rings. The molecule has 186 valence electrons. The number of carbonyl (C=O) groups excluding carboxylic acids is 1. The third-order valence-electron chi connectivity index (χ3n) is 5.44. The zero-order valence-corrected chi connectivity index (χ0v) is 19.7. The smallest absolute Gasteiger partial charge is 0.452 e. The summed E-state index contributed by atoms with van der Waals surface area (Å²) < 4.78 is 64.7. The fourth-order valence-corrected chi connectivity index (χ4v) is 4.24. The van der Waals surface area contributed by atoms with Gasteiger partial charge in [-0.25, -0.2) is 0 Å². The number of halogens is 4. The summed E-state index contributed by atoms with van der Waals surface area (Å²) in [6.07, 6.45) is -7.47. The average molecular weight is 512 g/mol. The first-order valence-electron chi connectivity index (χ1n) is 10.5. The van der Waals surface area contributed by atoms with Crippen molar-refractivity contribution in [1.82, 2.24) is 14.8 Å². The monoisotopic (exact) mass is 511 g/mol. The van der Waals surface area contributed by atoms with Crippen LogP contribution in [0, 0.1) is 0 Å². The standard InChI is InChI=1S/C23H21ClF3N3O5/c1-4-34-18(31)11-17-21-28-29-22(23(25,26)27)30(21)15-9-8-12(32-2)10-14(15)20(35-17)13-6-5-7-16(33-3)19(13)24/h5-10,17,20H,4,11H2,1-3H3/t17-,20-/m1/s1. The molecule has 0 saturated heterocycles. The number of nitrogens with zero attached hydrogens (tertiary/aromatic N) is 3. The molecule has 0 aliphatic carbocycles. The SMILES string of the molecule is CCOC(=O)C[C@H]1O[C@H](c2cccc(OC)c2Cl)c2cc(OC)ccc2-n2c1nnc2C(F)(F)F. The largest absolute Gasteiger partial charge is 0.497 e. The molecule has 35 heavy (non-hydrogen) atoms. The number of rotatable bonds is 6. The number of benzene rings is 2. The Hall–Kier alpha value is -3.31. The molecule has 0 amide bonds. The molecule has 2 aromatic carbocycles. The number of carbonyl (C=O) groups is 1. The number of methoxy groups -OCH3 is 2. The van der Waals surface area contributed by atoms with E-state index in [0.717, 1.165) is 4.57 Å². The van der Waals surface area contributed by atoms with Crippen LogP contribution in [0.1, 0.15) is 48.3 Å². The lowest BCUT2D eigenvalue weighted by atomic mass is 9.98. The lowest BCUT2D eigenvalue weighted by molar-refractivity contribution is -0.147. The van der Waals surface area contributed by atoms with E-state index in [-0.39, 0.29) is 23.1 Å². The topological polar surface area (TPSA) is 84.7 Å². The highest BCUT2D eigenvalue weighted by Crippen LogP contribution is 2.46. The summed E-state index contributed by atoms with van der Waals surface area (Å²) >= 11 is 6.59. The molecule has 0 bridgehead atoms. The number of hydrogen-bond donors (Lipinski definition) is 0. The molecule has 1 aromatic heterocycles. The van der Waals surface area contributed by atoms with Crippen molar-refractivity contribution in [2.24, 2.45) is 0 Å². The number of alkyl halides is 3. The van der Waals surface area contributed by atoms with Gasteiger partial charge in [-0.15, -0.1) is 10.2 Å². The quantitative estimate of drug-likeness (QED) is 0.427. The molecule has 2 heterocycles. The van der Waals surface area contributed by atoms with Gasteiger partial charge in [0, 0.05) is 11.1 Å². The summed E-state index contributed by atoms with van der Waals surface area (Å²) in [5.74, 6) is -1.39. The van der Waals surface area contributed by atoms with E-state index in [1.54, 1.807) is 31.2 Å². The van der Waals surface area contributed by atoms with E-state index in [4.69, 9.17) is 30.5 Å². The van der Waals surface area contributed by atoms with Crippen molar-refractivity contribution in [3.63, 3.8) is 0 Å². The van der Waals surface area contributed by atoms with Crippen molar-refractivity contribution in [2.45, 2.75) is 31.7 Å². The van der Waals surface area contributed by atoms with Gasteiger partial charge in [-0.3, -0.25) is 9.36 Å². The second-order valence-electron chi connectivity index (χ2n) is 7.52. The van der Waals surface area contributed by atoms with E-state index in [2.05, 4.69) is 10.2 Å². The van der Waals surface area contributed by atoms with Crippen LogP contribution in [-0.2, 0) is 20.4 Å². The molecule has 4 rings (SSSR count). The summed E-state index contributed by atoms with van der Waals surface area (Å²) in [5.41, 5.74) is 0.826. The van der Waals surface area contributed by atoms with Crippen LogP contribution in [-0.4, -0.2) is 41.6 Å². The minimum absolute atomic E-state index is 0.0919. The van der Waals surface area contributed by atoms with E-state index in [1.807, 2.05) is 0 Å². The summed E-state index contributed by atoms with van der Waals surface area (Å²) in [6, 6.07) is 9.49. The van der Waals surface area contributed by atoms with E-state index < -0.39 is 36.6 Å². The van der Waals surface area contributed by atoms with Crippen LogP contribution in [0.25, 0.3) is 5.69 Å². The highest BCUT2D eigenvalue weighted by molar-refractivity contribution is 6.32. The third kappa shape index (κ3) is 4.65. The Balaban J connectivity index is 2.00. The summed E-state index contributed by atoms with van der Waals surface area (Å²) in [5, 5.41) is 7.36. The molecule has 8 nitrogen and oxygen atoms in total. The second-order valence-corrected chi connectivity index (χ2v) is 7.90. The zero-order valence-electron chi connectivity index (χ0n) is 18.9. The second kappa shape index (κ2) is 9.74. The predicted molar refractivity (Wildman–Crippen MR) is 118 cm³/mol. The van der Waals surface area contributed by atoms with Crippen molar-refractivity contribution >= 4 is 17.6 Å². The molecule has 0 spiro atoms. The normalized spacial score (nSPS) is 17.2. The first kappa shape index (κ1) is 24.8. The maximum absolute atomic E-state index is 14.0. The Labute approximate surface area is 203 Å². The molecule has 1 aliphatic heterocycles. The maximum Gasteiger partial charge on any atom is 0.452 e. The molecule has 2 atom stereocenters. The van der Waals surface area contributed by atoms with E-state index in [1.165, 1.54) is 26.4 Å². The van der Waals surface area contributed by atoms with Gasteiger partial charge in [0.1, 0.15) is 23.7 Å². The van der Waals surface area contributed by atoms with Crippen LogP contribution >= 0.6 is 11.6 Å².